The first-order valence-corrected chi connectivity index (χ1v) is 9.24. The quantitative estimate of drug-likeness (QED) is 0.660. The van der Waals surface area contributed by atoms with Gasteiger partial charge in [-0.2, -0.15) is 0 Å². The zero-order valence-electron chi connectivity index (χ0n) is 14.8. The fourth-order valence-electron chi connectivity index (χ4n) is 2.40. The van der Waals surface area contributed by atoms with Gasteiger partial charge in [-0.05, 0) is 38.1 Å². The minimum absolute atomic E-state index is 0.0175. The molecule has 3 aromatic rings. The van der Waals surface area contributed by atoms with Gasteiger partial charge in [-0.3, -0.25) is 4.79 Å². The molecule has 0 saturated heterocycles. The summed E-state index contributed by atoms with van der Waals surface area (Å²) in [5.41, 5.74) is 1.29. The lowest BCUT2D eigenvalue weighted by Gasteiger charge is -2.10. The van der Waals surface area contributed by atoms with E-state index in [1.165, 1.54) is 23.5 Å². The van der Waals surface area contributed by atoms with Gasteiger partial charge in [-0.25, -0.2) is 13.8 Å². The van der Waals surface area contributed by atoms with E-state index in [1.54, 1.807) is 17.5 Å². The maximum Gasteiger partial charge on any atom is 0.270 e. The average molecular weight is 388 g/mol. The molecule has 0 saturated carbocycles. The summed E-state index contributed by atoms with van der Waals surface area (Å²) in [6, 6.07) is 10.6. The molecule has 0 aliphatic rings. The van der Waals surface area contributed by atoms with E-state index in [1.807, 2.05) is 26.0 Å². The summed E-state index contributed by atoms with van der Waals surface area (Å²) >= 11 is 1.32. The van der Waals surface area contributed by atoms with Crippen LogP contribution in [0.25, 0.3) is 10.6 Å². The first kappa shape index (κ1) is 19.0. The summed E-state index contributed by atoms with van der Waals surface area (Å²) in [7, 11) is 0. The van der Waals surface area contributed by atoms with E-state index in [9.17, 15) is 13.6 Å². The largest absolute Gasteiger partial charge is 0.488 e. The van der Waals surface area contributed by atoms with Crippen LogP contribution < -0.4 is 10.1 Å². The molecule has 2 aromatic carbocycles. The highest BCUT2D eigenvalue weighted by atomic mass is 32.1. The van der Waals surface area contributed by atoms with Gasteiger partial charge in [-0.15, -0.1) is 11.3 Å². The third-order valence-electron chi connectivity index (χ3n) is 3.67. The molecule has 0 atom stereocenters. The van der Waals surface area contributed by atoms with Crippen molar-refractivity contribution >= 4 is 17.2 Å². The lowest BCUT2D eigenvalue weighted by atomic mass is 10.2. The summed E-state index contributed by atoms with van der Waals surface area (Å²) in [6.07, 6.45) is 0. The van der Waals surface area contributed by atoms with Crippen molar-refractivity contribution < 1.29 is 18.3 Å². The first-order chi connectivity index (χ1) is 12.9. The Labute approximate surface area is 159 Å². The van der Waals surface area contributed by atoms with E-state index in [0.29, 0.717) is 22.0 Å². The monoisotopic (exact) mass is 388 g/mol. The van der Waals surface area contributed by atoms with Gasteiger partial charge < -0.3 is 10.1 Å². The minimum atomic E-state index is -0.658. The molecule has 27 heavy (non-hydrogen) atoms. The van der Waals surface area contributed by atoms with Crippen molar-refractivity contribution in [1.82, 2.24) is 10.3 Å². The second-order valence-corrected chi connectivity index (χ2v) is 7.04. The summed E-state index contributed by atoms with van der Waals surface area (Å²) in [5, 5.41) is 5.11. The number of hydrogen-bond acceptors (Lipinski definition) is 4. The summed E-state index contributed by atoms with van der Waals surface area (Å²) < 4.78 is 32.6. The van der Waals surface area contributed by atoms with E-state index in [0.717, 1.165) is 6.07 Å². The number of aromatic nitrogens is 1. The van der Waals surface area contributed by atoms with Crippen molar-refractivity contribution in [3.63, 3.8) is 0 Å². The number of thiazole rings is 1. The van der Waals surface area contributed by atoms with Gasteiger partial charge in [0.1, 0.15) is 34.7 Å². The smallest absolute Gasteiger partial charge is 0.270 e. The molecule has 4 nitrogen and oxygen atoms in total. The van der Waals surface area contributed by atoms with Gasteiger partial charge in [0.05, 0.1) is 5.56 Å². The second kappa shape index (κ2) is 8.26. The molecule has 0 bridgehead atoms. The Balaban J connectivity index is 1.80. The van der Waals surface area contributed by atoms with Crippen LogP contribution in [0.5, 0.6) is 5.75 Å². The van der Waals surface area contributed by atoms with Gasteiger partial charge >= 0.3 is 0 Å². The molecule has 1 amide bonds. The minimum Gasteiger partial charge on any atom is -0.488 e. The van der Waals surface area contributed by atoms with Crippen LogP contribution >= 0.6 is 11.3 Å². The molecular formula is C20H18F2N2O2S. The van der Waals surface area contributed by atoms with Crippen LogP contribution in [0.2, 0.25) is 0 Å². The Bertz CT molecular complexity index is 957. The summed E-state index contributed by atoms with van der Waals surface area (Å²) in [5.74, 6) is -1.02. The lowest BCUT2D eigenvalue weighted by molar-refractivity contribution is 0.0939. The molecule has 3 rings (SSSR count). The number of carbonyl (C=O) groups is 1. The van der Waals surface area contributed by atoms with Crippen LogP contribution in [0, 0.1) is 11.6 Å². The van der Waals surface area contributed by atoms with Gasteiger partial charge in [0.2, 0.25) is 0 Å². The van der Waals surface area contributed by atoms with E-state index >= 15 is 0 Å². The third-order valence-corrected chi connectivity index (χ3v) is 4.55. The van der Waals surface area contributed by atoms with Crippen LogP contribution in [-0.4, -0.2) is 16.9 Å². The van der Waals surface area contributed by atoms with Crippen LogP contribution in [-0.2, 0) is 6.61 Å². The maximum absolute atomic E-state index is 13.8. The fraction of sp³-hybridized carbons (Fsp3) is 0.200. The number of para-hydroxylation sites is 1. The highest BCUT2D eigenvalue weighted by Gasteiger charge is 2.15. The average Bonchev–Trinajstić information content (AvgIpc) is 3.11. The van der Waals surface area contributed by atoms with E-state index in [2.05, 4.69) is 10.3 Å². The van der Waals surface area contributed by atoms with E-state index < -0.39 is 11.6 Å². The Morgan fingerprint density at radius 3 is 2.74 bits per heavy atom. The summed E-state index contributed by atoms with van der Waals surface area (Å²) in [4.78, 5) is 16.5. The molecule has 7 heteroatoms. The number of amides is 1. The van der Waals surface area contributed by atoms with E-state index in [-0.39, 0.29) is 24.1 Å². The number of halogens is 2. The number of nitrogens with zero attached hydrogens (tertiary/aromatic N) is 1. The Morgan fingerprint density at radius 1 is 1.22 bits per heavy atom. The van der Waals surface area contributed by atoms with Gasteiger partial charge in [0, 0.05) is 23.1 Å². The molecule has 140 valence electrons. The number of nitrogens with one attached hydrogen (secondary N) is 1. The molecule has 0 aliphatic heterocycles. The molecule has 1 heterocycles. The molecule has 0 unspecified atom stereocenters. The molecule has 1 aromatic heterocycles. The van der Waals surface area contributed by atoms with Gasteiger partial charge in [0.15, 0.2) is 0 Å². The lowest BCUT2D eigenvalue weighted by Crippen LogP contribution is -2.30. The highest BCUT2D eigenvalue weighted by molar-refractivity contribution is 7.13. The SMILES string of the molecule is CC(C)NC(=O)c1csc(-c2ccccc2OCc2ccc(F)cc2F)n1. The molecular weight excluding hydrogens is 370 g/mol. The van der Waals surface area contributed by atoms with E-state index in [4.69, 9.17) is 4.74 Å². The maximum atomic E-state index is 13.8. The highest BCUT2D eigenvalue weighted by Crippen LogP contribution is 2.32. The molecule has 0 spiro atoms. The van der Waals surface area contributed by atoms with Crippen LogP contribution in [0.3, 0.4) is 0 Å². The standard InChI is InChI=1S/C20H18F2N2O2S/c1-12(2)23-19(25)17-11-27-20(24-17)15-5-3-4-6-18(15)26-10-13-7-8-14(21)9-16(13)22/h3-9,11-12H,10H2,1-2H3,(H,23,25). The number of benzene rings is 2. The van der Waals surface area contributed by atoms with Crippen molar-refractivity contribution in [2.45, 2.75) is 26.5 Å². The fourth-order valence-corrected chi connectivity index (χ4v) is 3.23. The first-order valence-electron chi connectivity index (χ1n) is 8.36. The third kappa shape index (κ3) is 4.68. The Morgan fingerprint density at radius 2 is 2.00 bits per heavy atom. The van der Waals surface area contributed by atoms with Crippen molar-refractivity contribution in [3.05, 3.63) is 70.7 Å². The Hall–Kier alpha value is -2.80. The normalized spacial score (nSPS) is 10.9. The zero-order chi connectivity index (χ0) is 19.4. The molecule has 1 N–H and O–H groups in total. The zero-order valence-corrected chi connectivity index (χ0v) is 15.6. The van der Waals surface area contributed by atoms with Crippen LogP contribution in [0.15, 0.2) is 47.8 Å². The Kier molecular flexibility index (Phi) is 5.81. The molecule has 0 radical (unpaired) electrons. The van der Waals surface area contributed by atoms with Crippen molar-refractivity contribution in [2.24, 2.45) is 0 Å². The van der Waals surface area contributed by atoms with Gasteiger partial charge in [0.25, 0.3) is 5.91 Å². The molecule has 0 fully saturated rings. The summed E-state index contributed by atoms with van der Waals surface area (Å²) in [6.45, 7) is 3.71. The second-order valence-electron chi connectivity index (χ2n) is 6.19. The molecule has 0 aliphatic carbocycles. The number of hydrogen-bond donors (Lipinski definition) is 1. The van der Waals surface area contributed by atoms with Crippen molar-refractivity contribution in [2.75, 3.05) is 0 Å². The van der Waals surface area contributed by atoms with Crippen molar-refractivity contribution in [3.8, 4) is 16.3 Å². The number of rotatable bonds is 6. The topological polar surface area (TPSA) is 51.2 Å². The predicted octanol–water partition coefficient (Wildman–Crippen LogP) is 4.81. The number of ether oxygens (including phenoxy) is 1. The number of carbonyl (C=O) groups excluding carboxylic acids is 1. The van der Waals surface area contributed by atoms with Crippen LogP contribution in [0.1, 0.15) is 29.9 Å². The van der Waals surface area contributed by atoms with Crippen molar-refractivity contribution in [1.29, 1.82) is 0 Å². The van der Waals surface area contributed by atoms with Gasteiger partial charge in [-0.1, -0.05) is 12.1 Å². The van der Waals surface area contributed by atoms with Crippen LogP contribution in [0.4, 0.5) is 8.78 Å². The predicted molar refractivity (Wildman–Crippen MR) is 101 cm³/mol.